The topological polar surface area (TPSA) is 101 Å². The lowest BCUT2D eigenvalue weighted by Gasteiger charge is -2.43. The fourth-order valence-electron chi connectivity index (χ4n) is 4.22. The molecule has 3 aliphatic rings. The Morgan fingerprint density at radius 1 is 1.20 bits per heavy atom. The maximum atomic E-state index is 11.8. The smallest absolute Gasteiger partial charge is 0.150 e. The van der Waals surface area contributed by atoms with Crippen molar-refractivity contribution in [1.29, 1.82) is 0 Å². The maximum absolute atomic E-state index is 11.8. The molecule has 0 aromatic heterocycles. The molecular weight excluding hydrogens is 344 g/mol. The minimum absolute atomic E-state index is 0.0429. The van der Waals surface area contributed by atoms with Gasteiger partial charge in [0.2, 0.25) is 0 Å². The van der Waals surface area contributed by atoms with Crippen molar-refractivity contribution in [3.05, 3.63) is 0 Å². The van der Waals surface area contributed by atoms with Gasteiger partial charge in [-0.25, -0.2) is 8.42 Å². The van der Waals surface area contributed by atoms with Crippen LogP contribution >= 0.6 is 0 Å². The van der Waals surface area contributed by atoms with E-state index < -0.39 is 9.84 Å². The number of methoxy groups -OCH3 is 1. The summed E-state index contributed by atoms with van der Waals surface area (Å²) in [5.41, 5.74) is 0. The van der Waals surface area contributed by atoms with Crippen LogP contribution in [0, 0.1) is 5.92 Å². The quantitative estimate of drug-likeness (QED) is 0.468. The van der Waals surface area contributed by atoms with E-state index in [1.165, 1.54) is 6.26 Å². The number of piperazine rings is 1. The molecule has 8 nitrogen and oxygen atoms in total. The van der Waals surface area contributed by atoms with Gasteiger partial charge in [0, 0.05) is 33.0 Å². The summed E-state index contributed by atoms with van der Waals surface area (Å²) in [4.78, 5) is 0. The summed E-state index contributed by atoms with van der Waals surface area (Å²) in [6.45, 7) is 3.20. The van der Waals surface area contributed by atoms with Crippen molar-refractivity contribution in [3.63, 3.8) is 0 Å². The van der Waals surface area contributed by atoms with Crippen LogP contribution in [0.2, 0.25) is 0 Å². The van der Waals surface area contributed by atoms with E-state index >= 15 is 0 Å². The first-order valence-electron chi connectivity index (χ1n) is 9.27. The van der Waals surface area contributed by atoms with E-state index in [4.69, 9.17) is 9.47 Å². The van der Waals surface area contributed by atoms with Crippen molar-refractivity contribution in [2.45, 2.75) is 55.6 Å². The molecule has 1 saturated carbocycles. The third kappa shape index (κ3) is 5.12. The molecular formula is C16H32N4O4S. The van der Waals surface area contributed by atoms with Gasteiger partial charge in [-0.05, 0) is 31.6 Å². The summed E-state index contributed by atoms with van der Waals surface area (Å²) in [6, 6.07) is 0.175. The Hall–Kier alpha value is -0.290. The summed E-state index contributed by atoms with van der Waals surface area (Å²) in [6.07, 6.45) is 4.86. The van der Waals surface area contributed by atoms with Crippen LogP contribution in [0.3, 0.4) is 0 Å². The molecule has 3 rings (SSSR count). The zero-order valence-corrected chi connectivity index (χ0v) is 16.0. The van der Waals surface area contributed by atoms with Crippen molar-refractivity contribution in [2.24, 2.45) is 5.92 Å². The Bertz CT molecular complexity index is 518. The van der Waals surface area contributed by atoms with Crippen LogP contribution < -0.4 is 21.3 Å². The zero-order valence-electron chi connectivity index (χ0n) is 15.2. The summed E-state index contributed by atoms with van der Waals surface area (Å²) in [7, 11) is -1.21. The molecule has 3 fully saturated rings. The molecule has 0 aromatic carbocycles. The van der Waals surface area contributed by atoms with E-state index in [1.807, 2.05) is 0 Å². The summed E-state index contributed by atoms with van der Waals surface area (Å²) >= 11 is 0. The second-order valence-electron chi connectivity index (χ2n) is 7.40. The highest BCUT2D eigenvalue weighted by atomic mass is 32.2. The van der Waals surface area contributed by atoms with Gasteiger partial charge in [0.15, 0.2) is 0 Å². The van der Waals surface area contributed by atoms with Crippen LogP contribution in [0.1, 0.15) is 25.7 Å². The van der Waals surface area contributed by atoms with Gasteiger partial charge in [0.25, 0.3) is 0 Å². The summed E-state index contributed by atoms with van der Waals surface area (Å²) < 4.78 is 34.7. The van der Waals surface area contributed by atoms with Gasteiger partial charge < -0.3 is 9.47 Å². The van der Waals surface area contributed by atoms with E-state index in [1.54, 1.807) is 7.11 Å². The van der Waals surface area contributed by atoms with Gasteiger partial charge in [-0.3, -0.25) is 21.3 Å². The van der Waals surface area contributed by atoms with E-state index in [0.29, 0.717) is 5.92 Å². The van der Waals surface area contributed by atoms with Crippen LogP contribution in [-0.4, -0.2) is 77.9 Å². The van der Waals surface area contributed by atoms with Crippen molar-refractivity contribution >= 4 is 9.84 Å². The zero-order chi connectivity index (χ0) is 17.9. The number of hydrogen-bond donors (Lipinski definition) is 4. The van der Waals surface area contributed by atoms with Crippen LogP contribution in [0.25, 0.3) is 0 Å². The molecule has 25 heavy (non-hydrogen) atoms. The molecule has 9 heteroatoms. The van der Waals surface area contributed by atoms with Gasteiger partial charge >= 0.3 is 0 Å². The highest BCUT2D eigenvalue weighted by molar-refractivity contribution is 7.91. The van der Waals surface area contributed by atoms with E-state index in [-0.39, 0.29) is 29.9 Å². The summed E-state index contributed by atoms with van der Waals surface area (Å²) in [5.74, 6) is 0.418. The molecule has 146 valence electrons. The molecule has 2 heterocycles. The Morgan fingerprint density at radius 3 is 2.56 bits per heavy atom. The Labute approximate surface area is 150 Å². The number of sulfone groups is 1. The maximum Gasteiger partial charge on any atom is 0.150 e. The van der Waals surface area contributed by atoms with E-state index in [2.05, 4.69) is 21.3 Å². The fourth-order valence-corrected chi connectivity index (χ4v) is 5.35. The molecule has 2 aliphatic heterocycles. The summed E-state index contributed by atoms with van der Waals surface area (Å²) in [5, 5.41) is 13.7. The molecule has 0 amide bonds. The minimum atomic E-state index is -2.93. The number of rotatable bonds is 6. The van der Waals surface area contributed by atoms with Crippen LogP contribution in [0.5, 0.6) is 0 Å². The van der Waals surface area contributed by atoms with Gasteiger partial charge in [-0.2, -0.15) is 0 Å². The van der Waals surface area contributed by atoms with Crippen molar-refractivity contribution in [1.82, 2.24) is 21.3 Å². The van der Waals surface area contributed by atoms with Gasteiger partial charge in [0.1, 0.15) is 22.3 Å². The third-order valence-electron chi connectivity index (χ3n) is 5.67. The molecule has 0 bridgehead atoms. The average molecular weight is 377 g/mol. The van der Waals surface area contributed by atoms with Crippen LogP contribution in [-0.2, 0) is 19.3 Å². The predicted octanol–water partition coefficient (Wildman–Crippen LogP) is -1.01. The minimum Gasteiger partial charge on any atom is -0.365 e. The first-order chi connectivity index (χ1) is 12.0. The second-order valence-corrected chi connectivity index (χ2v) is 9.72. The van der Waals surface area contributed by atoms with Crippen molar-refractivity contribution in [3.8, 4) is 0 Å². The fraction of sp³-hybridized carbons (Fsp3) is 1.00. The van der Waals surface area contributed by atoms with Gasteiger partial charge in [-0.1, -0.05) is 0 Å². The molecule has 2 saturated heterocycles. The molecule has 1 aliphatic carbocycles. The lowest BCUT2D eigenvalue weighted by atomic mass is 9.82. The predicted molar refractivity (Wildman–Crippen MR) is 95.8 cm³/mol. The number of ether oxygens (including phenoxy) is 2. The monoisotopic (exact) mass is 376 g/mol. The van der Waals surface area contributed by atoms with Crippen molar-refractivity contribution < 1.29 is 17.9 Å². The van der Waals surface area contributed by atoms with Crippen LogP contribution in [0.4, 0.5) is 0 Å². The Morgan fingerprint density at radius 2 is 1.96 bits per heavy atom. The normalized spacial score (nSPS) is 40.2. The Kier molecular flexibility index (Phi) is 6.70. The van der Waals surface area contributed by atoms with Crippen molar-refractivity contribution in [2.75, 3.05) is 39.6 Å². The second kappa shape index (κ2) is 8.60. The SMILES string of the molecule is COC1NCC(NCC2NCCO2)NC1C1CCC(S(C)(=O)=O)CC1. The molecule has 4 unspecified atom stereocenters. The first-order valence-corrected chi connectivity index (χ1v) is 11.2. The highest BCUT2D eigenvalue weighted by Gasteiger charge is 2.38. The van der Waals surface area contributed by atoms with Crippen LogP contribution in [0.15, 0.2) is 0 Å². The molecule has 4 atom stereocenters. The largest absolute Gasteiger partial charge is 0.365 e. The molecule has 0 radical (unpaired) electrons. The molecule has 0 aromatic rings. The third-order valence-corrected chi connectivity index (χ3v) is 7.35. The lowest BCUT2D eigenvalue weighted by molar-refractivity contribution is -0.0142. The standard InChI is InChI=1S/C16H32N4O4S/c1-23-16-15(11-3-5-12(6-4-11)25(2,21)22)20-13(9-19-16)18-10-14-17-7-8-24-14/h11-20H,3-10H2,1-2H3. The number of nitrogens with one attached hydrogen (secondary N) is 4. The molecule has 4 N–H and O–H groups in total. The molecule has 0 spiro atoms. The Balaban J connectivity index is 1.52. The number of hydrogen-bond acceptors (Lipinski definition) is 8. The average Bonchev–Trinajstić information content (AvgIpc) is 3.12. The lowest BCUT2D eigenvalue weighted by Crippen LogP contribution is -2.68. The van der Waals surface area contributed by atoms with E-state index in [9.17, 15) is 8.42 Å². The van der Waals surface area contributed by atoms with Gasteiger partial charge in [0.05, 0.1) is 24.1 Å². The first kappa shape index (κ1) is 19.5. The highest BCUT2D eigenvalue weighted by Crippen LogP contribution is 2.32. The van der Waals surface area contributed by atoms with E-state index in [0.717, 1.165) is 51.9 Å². The van der Waals surface area contributed by atoms with Gasteiger partial charge in [-0.15, -0.1) is 0 Å².